The van der Waals surface area contributed by atoms with Gasteiger partial charge >= 0.3 is 5.97 Å². The summed E-state index contributed by atoms with van der Waals surface area (Å²) < 4.78 is 5.15. The summed E-state index contributed by atoms with van der Waals surface area (Å²) in [7, 11) is 0. The first-order valence-corrected chi connectivity index (χ1v) is 8.26. The van der Waals surface area contributed by atoms with Gasteiger partial charge in [0.1, 0.15) is 5.75 Å². The summed E-state index contributed by atoms with van der Waals surface area (Å²) in [6.07, 6.45) is 7.59. The molecule has 125 valence electrons. The summed E-state index contributed by atoms with van der Waals surface area (Å²) in [6, 6.07) is 4.54. The van der Waals surface area contributed by atoms with Crippen LogP contribution in [0.25, 0.3) is 0 Å². The van der Waals surface area contributed by atoms with Gasteiger partial charge in [0.2, 0.25) is 6.29 Å². The molecule has 0 fully saturated rings. The quantitative estimate of drug-likeness (QED) is 0.280. The van der Waals surface area contributed by atoms with Crippen LogP contribution < -0.4 is 4.74 Å². The van der Waals surface area contributed by atoms with Crippen molar-refractivity contribution in [3.05, 3.63) is 29.3 Å². The Morgan fingerprint density at radius 2 is 1.83 bits per heavy atom. The molecule has 1 rings (SSSR count). The molecule has 0 saturated carbocycles. The van der Waals surface area contributed by atoms with Gasteiger partial charge in [0, 0.05) is 12.0 Å². The van der Waals surface area contributed by atoms with Crippen LogP contribution >= 0.6 is 0 Å². The van der Waals surface area contributed by atoms with Crippen LogP contribution in [-0.2, 0) is 9.59 Å². The zero-order valence-electron chi connectivity index (χ0n) is 14.2. The van der Waals surface area contributed by atoms with Crippen molar-refractivity contribution < 1.29 is 19.1 Å². The van der Waals surface area contributed by atoms with Crippen molar-refractivity contribution in [3.8, 4) is 5.75 Å². The monoisotopic (exact) mass is 317 g/mol. The molecule has 0 atom stereocenters. The molecule has 1 aromatic carbocycles. The highest BCUT2D eigenvalue weighted by Crippen LogP contribution is 2.21. The van der Waals surface area contributed by atoms with E-state index < -0.39 is 5.97 Å². The molecule has 1 aromatic rings. The van der Waals surface area contributed by atoms with Crippen LogP contribution in [0.1, 0.15) is 75.2 Å². The third-order valence-corrected chi connectivity index (χ3v) is 3.60. The molecule has 23 heavy (non-hydrogen) atoms. The standard InChI is InChI=1S/C19H25O4/c1-4-5-6-7-8-9-17(21)15-10-11-18(16(12-15)13-20)23-19(22)14(2)3/h10-12,14H,4-9H2,1-3H3. The second-order valence-corrected chi connectivity index (χ2v) is 5.98. The zero-order valence-corrected chi connectivity index (χ0v) is 14.2. The van der Waals surface area contributed by atoms with Crippen molar-refractivity contribution >= 4 is 18.0 Å². The highest BCUT2D eigenvalue weighted by Gasteiger charge is 2.15. The molecular weight excluding hydrogens is 292 g/mol. The van der Waals surface area contributed by atoms with E-state index in [1.54, 1.807) is 26.2 Å². The van der Waals surface area contributed by atoms with E-state index in [9.17, 15) is 14.4 Å². The smallest absolute Gasteiger partial charge is 0.313 e. The molecule has 0 heterocycles. The van der Waals surface area contributed by atoms with Crippen LogP contribution in [0, 0.1) is 5.92 Å². The molecule has 0 saturated heterocycles. The Morgan fingerprint density at radius 3 is 2.43 bits per heavy atom. The van der Waals surface area contributed by atoms with Gasteiger partial charge in [0.25, 0.3) is 0 Å². The highest BCUT2D eigenvalue weighted by molar-refractivity contribution is 5.98. The maximum atomic E-state index is 12.1. The SMILES string of the molecule is CCCCCCCC(=O)c1ccc(OC(=O)C(C)C)c([C]=O)c1. The largest absolute Gasteiger partial charge is 0.426 e. The number of hydrogen-bond acceptors (Lipinski definition) is 4. The number of ether oxygens (including phenoxy) is 1. The van der Waals surface area contributed by atoms with E-state index in [4.69, 9.17) is 4.74 Å². The maximum Gasteiger partial charge on any atom is 0.313 e. The number of hydrogen-bond donors (Lipinski definition) is 0. The van der Waals surface area contributed by atoms with Crippen molar-refractivity contribution in [2.75, 3.05) is 0 Å². The van der Waals surface area contributed by atoms with Crippen LogP contribution in [0.4, 0.5) is 0 Å². The van der Waals surface area contributed by atoms with Crippen LogP contribution in [0.5, 0.6) is 5.75 Å². The minimum atomic E-state index is -0.420. The number of carbonyl (C=O) groups excluding carboxylic acids is 3. The fraction of sp³-hybridized carbons (Fsp3) is 0.526. The molecule has 0 bridgehead atoms. The molecule has 0 N–H and O–H groups in total. The molecule has 0 unspecified atom stereocenters. The summed E-state index contributed by atoms with van der Waals surface area (Å²) in [5, 5.41) is 0. The first-order valence-electron chi connectivity index (χ1n) is 8.26. The van der Waals surface area contributed by atoms with Gasteiger partial charge in [-0.25, -0.2) is 0 Å². The lowest BCUT2D eigenvalue weighted by molar-refractivity contribution is -0.137. The number of Topliss-reactive ketones (excluding diaryl/α,β-unsaturated/α-hetero) is 1. The average molecular weight is 317 g/mol. The summed E-state index contributed by atoms with van der Waals surface area (Å²) in [5.41, 5.74) is 0.569. The Morgan fingerprint density at radius 1 is 1.13 bits per heavy atom. The number of unbranched alkanes of at least 4 members (excludes halogenated alkanes) is 4. The lowest BCUT2D eigenvalue weighted by atomic mass is 10.0. The second-order valence-electron chi connectivity index (χ2n) is 5.98. The molecule has 4 heteroatoms. The summed E-state index contributed by atoms with van der Waals surface area (Å²) in [4.78, 5) is 34.8. The van der Waals surface area contributed by atoms with E-state index in [1.165, 1.54) is 25.0 Å². The highest BCUT2D eigenvalue weighted by atomic mass is 16.5. The van der Waals surface area contributed by atoms with E-state index in [1.807, 2.05) is 0 Å². The lowest BCUT2D eigenvalue weighted by Gasteiger charge is -2.09. The zero-order chi connectivity index (χ0) is 17.2. The van der Waals surface area contributed by atoms with E-state index in [0.29, 0.717) is 12.0 Å². The molecule has 0 aliphatic carbocycles. The van der Waals surface area contributed by atoms with E-state index in [0.717, 1.165) is 19.3 Å². The van der Waals surface area contributed by atoms with Gasteiger partial charge in [-0.3, -0.25) is 14.4 Å². The summed E-state index contributed by atoms with van der Waals surface area (Å²) >= 11 is 0. The predicted octanol–water partition coefficient (Wildman–Crippen LogP) is 4.25. The Hall–Kier alpha value is -1.97. The van der Waals surface area contributed by atoms with Crippen LogP contribution in [0.2, 0.25) is 0 Å². The Labute approximate surface area is 138 Å². The Bertz CT molecular complexity index is 546. The Kier molecular flexibility index (Phi) is 8.23. The maximum absolute atomic E-state index is 12.1. The molecule has 0 amide bonds. The second kappa shape index (κ2) is 9.93. The first kappa shape index (κ1) is 19.1. The van der Waals surface area contributed by atoms with Crippen LogP contribution in [0.15, 0.2) is 18.2 Å². The molecule has 1 radical (unpaired) electrons. The van der Waals surface area contributed by atoms with Gasteiger partial charge in [-0.05, 0) is 24.6 Å². The van der Waals surface area contributed by atoms with E-state index >= 15 is 0 Å². The minimum Gasteiger partial charge on any atom is -0.426 e. The fourth-order valence-corrected chi connectivity index (χ4v) is 2.13. The topological polar surface area (TPSA) is 60.4 Å². The number of benzene rings is 1. The van der Waals surface area contributed by atoms with Gasteiger partial charge < -0.3 is 4.74 Å². The van der Waals surface area contributed by atoms with Crippen LogP contribution in [0.3, 0.4) is 0 Å². The summed E-state index contributed by atoms with van der Waals surface area (Å²) in [6.45, 7) is 5.57. The molecular formula is C19H25O4. The van der Waals surface area contributed by atoms with Gasteiger partial charge in [-0.1, -0.05) is 46.5 Å². The molecule has 4 nitrogen and oxygen atoms in total. The third kappa shape index (κ3) is 6.35. The van der Waals surface area contributed by atoms with Gasteiger partial charge in [-0.2, -0.15) is 0 Å². The third-order valence-electron chi connectivity index (χ3n) is 3.60. The fourth-order valence-electron chi connectivity index (χ4n) is 2.13. The predicted molar refractivity (Wildman–Crippen MR) is 89.4 cm³/mol. The molecule has 0 aromatic heterocycles. The number of rotatable bonds is 10. The van der Waals surface area contributed by atoms with E-state index in [2.05, 4.69) is 6.92 Å². The van der Waals surface area contributed by atoms with Crippen molar-refractivity contribution in [3.63, 3.8) is 0 Å². The van der Waals surface area contributed by atoms with Crippen molar-refractivity contribution in [2.45, 2.75) is 59.3 Å². The van der Waals surface area contributed by atoms with Gasteiger partial charge in [0.15, 0.2) is 5.78 Å². The first-order chi connectivity index (χ1) is 11.0. The lowest BCUT2D eigenvalue weighted by Crippen LogP contribution is -2.16. The molecule has 0 aliphatic rings. The van der Waals surface area contributed by atoms with Crippen molar-refractivity contribution in [1.29, 1.82) is 0 Å². The van der Waals surface area contributed by atoms with E-state index in [-0.39, 0.29) is 23.0 Å². The van der Waals surface area contributed by atoms with Gasteiger partial charge in [0.05, 0.1) is 11.5 Å². The number of ketones is 1. The van der Waals surface area contributed by atoms with Crippen molar-refractivity contribution in [1.82, 2.24) is 0 Å². The Balaban J connectivity index is 2.69. The van der Waals surface area contributed by atoms with Gasteiger partial charge in [-0.15, -0.1) is 0 Å². The number of esters is 1. The van der Waals surface area contributed by atoms with Crippen LogP contribution in [-0.4, -0.2) is 18.0 Å². The normalized spacial score (nSPS) is 10.6. The minimum absolute atomic E-state index is 0.000246. The summed E-state index contributed by atoms with van der Waals surface area (Å²) in [5.74, 6) is -0.562. The average Bonchev–Trinajstić information content (AvgIpc) is 2.54. The number of carbonyl (C=O) groups is 2. The van der Waals surface area contributed by atoms with Crippen molar-refractivity contribution in [2.24, 2.45) is 5.92 Å². The molecule has 0 aliphatic heterocycles. The molecule has 0 spiro atoms.